The van der Waals surface area contributed by atoms with E-state index in [-0.39, 0.29) is 21.2 Å². The van der Waals surface area contributed by atoms with Gasteiger partial charge in [-0.05, 0) is 36.8 Å². The number of sulfone groups is 1. The number of hydrogen-bond donors (Lipinski definition) is 2. The van der Waals surface area contributed by atoms with Crippen LogP contribution in [0.15, 0.2) is 46.3 Å². The van der Waals surface area contributed by atoms with Gasteiger partial charge in [0.1, 0.15) is 16.5 Å². The molecule has 0 amide bonds. The number of anilines is 1. The van der Waals surface area contributed by atoms with Gasteiger partial charge < -0.3 is 15.6 Å². The number of benzene rings is 1. The summed E-state index contributed by atoms with van der Waals surface area (Å²) in [5.74, 6) is -0.541. The summed E-state index contributed by atoms with van der Waals surface area (Å²) in [5, 5.41) is 18.9. The molecule has 3 aromatic rings. The summed E-state index contributed by atoms with van der Waals surface area (Å²) in [6.07, 6.45) is -2.53. The van der Waals surface area contributed by atoms with Gasteiger partial charge in [-0.15, -0.1) is 23.4 Å². The summed E-state index contributed by atoms with van der Waals surface area (Å²) >= 11 is 1.19. The molecule has 13 heteroatoms. The van der Waals surface area contributed by atoms with Crippen LogP contribution in [-0.4, -0.2) is 41.2 Å². The summed E-state index contributed by atoms with van der Waals surface area (Å²) in [7, 11) is -4.08. The smallest absolute Gasteiger partial charge is 0.406 e. The van der Waals surface area contributed by atoms with E-state index < -0.39 is 28.1 Å². The first-order valence-electron chi connectivity index (χ1n) is 9.37. The van der Waals surface area contributed by atoms with Crippen molar-refractivity contribution in [1.29, 1.82) is 0 Å². The molecule has 3 rings (SSSR count). The van der Waals surface area contributed by atoms with Crippen LogP contribution in [0.2, 0.25) is 0 Å². The lowest BCUT2D eigenvalue weighted by Gasteiger charge is -2.10. The van der Waals surface area contributed by atoms with Crippen molar-refractivity contribution in [1.82, 2.24) is 15.2 Å². The Morgan fingerprint density at radius 1 is 1.19 bits per heavy atom. The van der Waals surface area contributed by atoms with E-state index in [0.29, 0.717) is 22.9 Å². The molecule has 0 saturated heterocycles. The van der Waals surface area contributed by atoms with Crippen molar-refractivity contribution in [3.63, 3.8) is 0 Å². The van der Waals surface area contributed by atoms with Gasteiger partial charge in [-0.1, -0.05) is 24.7 Å². The number of nitrogens with two attached hydrogens (primary N) is 1. The van der Waals surface area contributed by atoms with Crippen LogP contribution >= 0.6 is 11.3 Å². The molecule has 0 unspecified atom stereocenters. The number of halogens is 3. The second kappa shape index (κ2) is 9.38. The van der Waals surface area contributed by atoms with Gasteiger partial charge in [0.2, 0.25) is 9.84 Å². The van der Waals surface area contributed by atoms with E-state index >= 15 is 0 Å². The highest BCUT2D eigenvalue weighted by Crippen LogP contribution is 2.31. The number of hydrogen-bond acceptors (Lipinski definition) is 9. The van der Waals surface area contributed by atoms with Crippen LogP contribution in [-0.2, 0) is 16.3 Å². The van der Waals surface area contributed by atoms with Gasteiger partial charge in [0.15, 0.2) is 5.01 Å². The number of nitrogen functional groups attached to an aromatic ring is 1. The fourth-order valence-electron chi connectivity index (χ4n) is 2.81. The van der Waals surface area contributed by atoms with E-state index in [1.807, 2.05) is 6.92 Å². The molecule has 2 aromatic heterocycles. The first kappa shape index (κ1) is 23.9. The van der Waals surface area contributed by atoms with Crippen molar-refractivity contribution in [2.45, 2.75) is 48.4 Å². The maximum absolute atomic E-state index is 12.8. The van der Waals surface area contributed by atoms with Crippen molar-refractivity contribution in [3.8, 4) is 16.5 Å². The quantitative estimate of drug-likeness (QED) is 0.492. The van der Waals surface area contributed by atoms with Crippen molar-refractivity contribution in [2.24, 2.45) is 0 Å². The molecular weight excluding hydrogens is 469 g/mol. The lowest BCUT2D eigenvalue weighted by molar-refractivity contribution is -0.274. The molecule has 3 N–H and O–H groups in total. The average Bonchev–Trinajstić information content (AvgIpc) is 3.15. The summed E-state index contributed by atoms with van der Waals surface area (Å²) in [6.45, 7) is 1.96. The minimum atomic E-state index is -4.88. The summed E-state index contributed by atoms with van der Waals surface area (Å²) in [6, 6.07) is 5.01. The lowest BCUT2D eigenvalue weighted by Crippen LogP contribution is -2.17. The highest BCUT2D eigenvalue weighted by atomic mass is 32.2. The molecule has 0 aliphatic rings. The normalized spacial score (nSPS) is 13.2. The largest absolute Gasteiger partial charge is 0.573 e. The van der Waals surface area contributed by atoms with Crippen molar-refractivity contribution >= 4 is 26.9 Å². The molecule has 0 saturated carbocycles. The van der Waals surface area contributed by atoms with Gasteiger partial charge in [-0.3, -0.25) is 4.98 Å². The van der Waals surface area contributed by atoms with Crippen LogP contribution in [0.5, 0.6) is 5.75 Å². The van der Waals surface area contributed by atoms with Crippen molar-refractivity contribution < 1.29 is 31.4 Å². The van der Waals surface area contributed by atoms with E-state index in [4.69, 9.17) is 5.73 Å². The molecule has 0 spiro atoms. The number of nitrogens with zero attached hydrogens (tertiary/aromatic N) is 3. The minimum absolute atomic E-state index is 0.0416. The standard InChI is InChI=1S/C19H19F3N4O4S2/c1-2-3-11(27)8-16-25-26-18(31-16)17-15(23)9-14(10-24-17)32(28,29)13-6-4-12(5-7-13)30-19(20,21)22/h4-7,9-11,27H,2-3,8,23H2,1H3/t11-/m0/s1. The van der Waals surface area contributed by atoms with E-state index in [0.717, 1.165) is 36.9 Å². The second-order valence-electron chi connectivity index (χ2n) is 6.78. The van der Waals surface area contributed by atoms with Crippen LogP contribution in [0.4, 0.5) is 18.9 Å². The minimum Gasteiger partial charge on any atom is -0.406 e. The lowest BCUT2D eigenvalue weighted by atomic mass is 10.1. The van der Waals surface area contributed by atoms with Gasteiger partial charge >= 0.3 is 6.36 Å². The topological polar surface area (TPSA) is 128 Å². The summed E-state index contributed by atoms with van der Waals surface area (Å²) in [4.78, 5) is 3.63. The predicted octanol–water partition coefficient (Wildman–Crippen LogP) is 3.62. The van der Waals surface area contributed by atoms with Gasteiger partial charge in [0.05, 0.1) is 21.6 Å². The third kappa shape index (κ3) is 5.72. The van der Waals surface area contributed by atoms with E-state index in [1.165, 1.54) is 17.4 Å². The van der Waals surface area contributed by atoms with E-state index in [9.17, 15) is 26.7 Å². The SMILES string of the molecule is CCC[C@H](O)Cc1nnc(-c2ncc(S(=O)(=O)c3ccc(OC(F)(F)F)cc3)cc2N)s1. The Hall–Kier alpha value is -2.77. The Kier molecular flexibility index (Phi) is 7.00. The highest BCUT2D eigenvalue weighted by Gasteiger charge is 2.31. The maximum Gasteiger partial charge on any atom is 0.573 e. The Morgan fingerprint density at radius 2 is 1.88 bits per heavy atom. The zero-order valence-electron chi connectivity index (χ0n) is 16.7. The monoisotopic (exact) mass is 488 g/mol. The zero-order valence-corrected chi connectivity index (χ0v) is 18.3. The number of rotatable bonds is 8. The van der Waals surface area contributed by atoms with Gasteiger partial charge in [0, 0.05) is 12.6 Å². The highest BCUT2D eigenvalue weighted by molar-refractivity contribution is 7.91. The molecule has 1 atom stereocenters. The third-order valence-corrected chi connectivity index (χ3v) is 6.96. The van der Waals surface area contributed by atoms with Gasteiger partial charge in [-0.2, -0.15) is 0 Å². The first-order chi connectivity index (χ1) is 15.0. The molecule has 0 radical (unpaired) electrons. The fraction of sp³-hybridized carbons (Fsp3) is 0.316. The Balaban J connectivity index is 1.82. The Bertz CT molecular complexity index is 1180. The van der Waals surface area contributed by atoms with Gasteiger partial charge in [0.25, 0.3) is 0 Å². The predicted molar refractivity (Wildman–Crippen MR) is 111 cm³/mol. The molecular formula is C19H19F3N4O4S2. The molecule has 0 bridgehead atoms. The Morgan fingerprint density at radius 3 is 2.47 bits per heavy atom. The van der Waals surface area contributed by atoms with E-state index in [2.05, 4.69) is 19.9 Å². The molecule has 32 heavy (non-hydrogen) atoms. The molecule has 2 heterocycles. The van der Waals surface area contributed by atoms with Crippen LogP contribution in [0.1, 0.15) is 24.8 Å². The molecule has 8 nitrogen and oxygen atoms in total. The van der Waals surface area contributed by atoms with Crippen molar-refractivity contribution in [2.75, 3.05) is 5.73 Å². The molecule has 1 aromatic carbocycles. The van der Waals surface area contributed by atoms with E-state index in [1.54, 1.807) is 0 Å². The summed E-state index contributed by atoms with van der Waals surface area (Å²) < 4.78 is 66.2. The number of pyridine rings is 1. The van der Waals surface area contributed by atoms with Gasteiger partial charge in [-0.25, -0.2) is 8.42 Å². The zero-order chi connectivity index (χ0) is 23.5. The number of alkyl halides is 3. The first-order valence-corrected chi connectivity index (χ1v) is 11.7. The van der Waals surface area contributed by atoms with Crippen LogP contribution in [0.3, 0.4) is 0 Å². The molecule has 172 valence electrons. The fourth-order valence-corrected chi connectivity index (χ4v) is 4.98. The van der Waals surface area contributed by atoms with Crippen LogP contribution < -0.4 is 10.5 Å². The Labute approximate surface area is 185 Å². The third-order valence-electron chi connectivity index (χ3n) is 4.27. The number of aromatic nitrogens is 3. The van der Waals surface area contributed by atoms with Crippen LogP contribution in [0, 0.1) is 0 Å². The molecule has 0 fully saturated rings. The maximum atomic E-state index is 12.8. The number of aliphatic hydroxyl groups is 1. The second-order valence-corrected chi connectivity index (χ2v) is 9.79. The summed E-state index contributed by atoms with van der Waals surface area (Å²) in [5.41, 5.74) is 6.28. The number of aliphatic hydroxyl groups excluding tert-OH is 1. The number of ether oxygens (including phenoxy) is 1. The average molecular weight is 489 g/mol. The molecule has 0 aliphatic carbocycles. The van der Waals surface area contributed by atoms with Crippen LogP contribution in [0.25, 0.3) is 10.7 Å². The molecule has 0 aliphatic heterocycles. The van der Waals surface area contributed by atoms with Crippen molar-refractivity contribution in [3.05, 3.63) is 41.5 Å².